The molecule has 28 heavy (non-hydrogen) atoms. The quantitative estimate of drug-likeness (QED) is 0.605. The Morgan fingerprint density at radius 3 is 2.25 bits per heavy atom. The highest BCUT2D eigenvalue weighted by Gasteiger charge is 2.09. The average Bonchev–Trinajstić information content (AvgIpc) is 2.67. The van der Waals surface area contributed by atoms with E-state index in [-0.39, 0.29) is 12.4 Å². The van der Waals surface area contributed by atoms with E-state index < -0.39 is 25.1 Å². The zero-order valence-electron chi connectivity index (χ0n) is 14.7. The number of amides is 1. The predicted molar refractivity (Wildman–Crippen MR) is 97.7 cm³/mol. The molecule has 0 aromatic heterocycles. The number of nitrogens with one attached hydrogen (secondary N) is 1. The molecular formula is C19H18ClF2NO5. The van der Waals surface area contributed by atoms with Crippen LogP contribution in [-0.2, 0) is 20.7 Å². The van der Waals surface area contributed by atoms with Gasteiger partial charge < -0.3 is 19.5 Å². The first-order valence-electron chi connectivity index (χ1n) is 8.27. The highest BCUT2D eigenvalue weighted by atomic mass is 35.5. The lowest BCUT2D eigenvalue weighted by Gasteiger charge is -2.08. The van der Waals surface area contributed by atoms with Crippen LogP contribution in [0.1, 0.15) is 5.56 Å². The van der Waals surface area contributed by atoms with Crippen LogP contribution in [0.4, 0.5) is 8.78 Å². The number of hydrogen-bond acceptors (Lipinski definition) is 5. The molecule has 150 valence electrons. The predicted octanol–water partition coefficient (Wildman–Crippen LogP) is 3.22. The van der Waals surface area contributed by atoms with Crippen molar-refractivity contribution < 1.29 is 32.6 Å². The number of ether oxygens (including phenoxy) is 3. The molecule has 0 aliphatic rings. The second kappa shape index (κ2) is 11.1. The first-order chi connectivity index (χ1) is 13.4. The highest BCUT2D eigenvalue weighted by molar-refractivity contribution is 6.30. The van der Waals surface area contributed by atoms with Crippen molar-refractivity contribution in [2.75, 3.05) is 19.8 Å². The van der Waals surface area contributed by atoms with E-state index in [4.69, 9.17) is 21.1 Å². The second-order valence-electron chi connectivity index (χ2n) is 5.53. The molecule has 1 amide bonds. The van der Waals surface area contributed by atoms with Crippen LogP contribution in [0.2, 0.25) is 5.02 Å². The second-order valence-corrected chi connectivity index (χ2v) is 5.96. The molecule has 0 bridgehead atoms. The third-order valence-electron chi connectivity index (χ3n) is 3.42. The summed E-state index contributed by atoms with van der Waals surface area (Å²) >= 11 is 5.74. The van der Waals surface area contributed by atoms with Gasteiger partial charge in [-0.2, -0.15) is 8.78 Å². The molecule has 0 unspecified atom stereocenters. The van der Waals surface area contributed by atoms with E-state index in [0.717, 1.165) is 5.56 Å². The lowest BCUT2D eigenvalue weighted by molar-refractivity contribution is -0.150. The fraction of sp³-hybridized carbons (Fsp3) is 0.263. The van der Waals surface area contributed by atoms with Crippen LogP contribution in [0, 0.1) is 0 Å². The summed E-state index contributed by atoms with van der Waals surface area (Å²) in [6.07, 6.45) is 0.480. The van der Waals surface area contributed by atoms with Gasteiger partial charge in [0.1, 0.15) is 11.5 Å². The molecule has 0 radical (unpaired) electrons. The minimum absolute atomic E-state index is 0.0653. The van der Waals surface area contributed by atoms with Crippen LogP contribution in [0.25, 0.3) is 0 Å². The van der Waals surface area contributed by atoms with Crippen molar-refractivity contribution in [3.63, 3.8) is 0 Å². The number of halogens is 3. The third kappa shape index (κ3) is 8.22. The van der Waals surface area contributed by atoms with Gasteiger partial charge >= 0.3 is 12.6 Å². The molecule has 0 saturated heterocycles. The van der Waals surface area contributed by atoms with E-state index in [2.05, 4.69) is 10.1 Å². The van der Waals surface area contributed by atoms with Crippen molar-refractivity contribution in [3.05, 3.63) is 59.1 Å². The van der Waals surface area contributed by atoms with E-state index in [1.54, 1.807) is 36.4 Å². The first-order valence-corrected chi connectivity index (χ1v) is 8.64. The maximum Gasteiger partial charge on any atom is 0.387 e. The number of rotatable bonds is 10. The molecule has 0 fully saturated rings. The van der Waals surface area contributed by atoms with Gasteiger partial charge in [-0.15, -0.1) is 0 Å². The topological polar surface area (TPSA) is 73.9 Å². The largest absolute Gasteiger partial charge is 0.482 e. The van der Waals surface area contributed by atoms with Gasteiger partial charge in [-0.05, 0) is 48.4 Å². The molecule has 6 nitrogen and oxygen atoms in total. The number of carbonyl (C=O) groups is 2. The first kappa shape index (κ1) is 21.4. The lowest BCUT2D eigenvalue weighted by atomic mass is 10.1. The summed E-state index contributed by atoms with van der Waals surface area (Å²) in [5.74, 6) is -0.622. The van der Waals surface area contributed by atoms with Crippen molar-refractivity contribution in [2.45, 2.75) is 13.0 Å². The molecule has 0 atom stereocenters. The molecule has 2 aromatic rings. The van der Waals surface area contributed by atoms with Gasteiger partial charge in [0.25, 0.3) is 5.91 Å². The van der Waals surface area contributed by atoms with E-state index in [9.17, 15) is 18.4 Å². The minimum atomic E-state index is -2.87. The summed E-state index contributed by atoms with van der Waals surface area (Å²) in [5, 5.41) is 3.14. The molecule has 0 aliphatic carbocycles. The molecule has 2 aromatic carbocycles. The summed E-state index contributed by atoms with van der Waals surface area (Å²) in [5.41, 5.74) is 0.829. The number of hydrogen-bond donors (Lipinski definition) is 1. The van der Waals surface area contributed by atoms with Crippen LogP contribution >= 0.6 is 11.6 Å². The fourth-order valence-corrected chi connectivity index (χ4v) is 2.22. The van der Waals surface area contributed by atoms with Crippen molar-refractivity contribution in [3.8, 4) is 11.5 Å². The maximum atomic E-state index is 12.1. The Morgan fingerprint density at radius 2 is 1.61 bits per heavy atom. The van der Waals surface area contributed by atoms with Gasteiger partial charge in [-0.1, -0.05) is 23.7 Å². The Bertz CT molecular complexity index is 769. The normalized spacial score (nSPS) is 10.4. The van der Waals surface area contributed by atoms with Crippen molar-refractivity contribution >= 4 is 23.5 Å². The monoisotopic (exact) mass is 413 g/mol. The SMILES string of the molecule is O=C(COC(=O)COc1ccc(Cl)cc1)NCCc1ccc(OC(F)F)cc1. The summed E-state index contributed by atoms with van der Waals surface area (Å²) < 4.78 is 38.4. The fourth-order valence-electron chi connectivity index (χ4n) is 2.10. The Kier molecular flexibility index (Phi) is 8.48. The van der Waals surface area contributed by atoms with Crippen LogP contribution in [-0.4, -0.2) is 38.2 Å². The van der Waals surface area contributed by atoms with Gasteiger partial charge in [0.2, 0.25) is 0 Å². The van der Waals surface area contributed by atoms with Crippen LogP contribution < -0.4 is 14.8 Å². The molecule has 1 N–H and O–H groups in total. The zero-order chi connectivity index (χ0) is 20.4. The van der Waals surface area contributed by atoms with Gasteiger partial charge in [0.15, 0.2) is 13.2 Å². The van der Waals surface area contributed by atoms with E-state index >= 15 is 0 Å². The Balaban J connectivity index is 1.60. The number of alkyl halides is 2. The molecular weight excluding hydrogens is 396 g/mol. The van der Waals surface area contributed by atoms with Crippen LogP contribution in [0.5, 0.6) is 11.5 Å². The highest BCUT2D eigenvalue weighted by Crippen LogP contribution is 2.16. The number of carbonyl (C=O) groups excluding carboxylic acids is 2. The van der Waals surface area contributed by atoms with Gasteiger partial charge in [-0.3, -0.25) is 4.79 Å². The molecule has 0 aliphatic heterocycles. The van der Waals surface area contributed by atoms with E-state index in [1.165, 1.54) is 12.1 Å². The van der Waals surface area contributed by atoms with E-state index in [0.29, 0.717) is 23.7 Å². The molecule has 9 heteroatoms. The Morgan fingerprint density at radius 1 is 0.964 bits per heavy atom. The molecule has 0 saturated carbocycles. The molecule has 2 rings (SSSR count). The summed E-state index contributed by atoms with van der Waals surface area (Å²) in [4.78, 5) is 23.3. The number of esters is 1. The van der Waals surface area contributed by atoms with Crippen molar-refractivity contribution in [2.24, 2.45) is 0 Å². The number of benzene rings is 2. The Labute approximate surface area is 165 Å². The van der Waals surface area contributed by atoms with Gasteiger partial charge in [0, 0.05) is 11.6 Å². The molecule has 0 heterocycles. The minimum Gasteiger partial charge on any atom is -0.482 e. The third-order valence-corrected chi connectivity index (χ3v) is 3.67. The van der Waals surface area contributed by atoms with Crippen LogP contribution in [0.3, 0.4) is 0 Å². The zero-order valence-corrected chi connectivity index (χ0v) is 15.5. The summed E-state index contributed by atoms with van der Waals surface area (Å²) in [7, 11) is 0. The van der Waals surface area contributed by atoms with E-state index in [1.807, 2.05) is 0 Å². The standard InChI is InChI=1S/C19H18ClF2NO5/c20-14-3-7-15(8-4-14)26-12-18(25)27-11-17(24)23-10-9-13-1-5-16(6-2-13)28-19(21)22/h1-8,19H,9-12H2,(H,23,24). The lowest BCUT2D eigenvalue weighted by Crippen LogP contribution is -2.31. The van der Waals surface area contributed by atoms with Gasteiger partial charge in [-0.25, -0.2) is 4.79 Å². The van der Waals surface area contributed by atoms with Crippen molar-refractivity contribution in [1.82, 2.24) is 5.32 Å². The molecule has 0 spiro atoms. The average molecular weight is 414 g/mol. The summed E-state index contributed by atoms with van der Waals surface area (Å²) in [6, 6.07) is 12.5. The summed E-state index contributed by atoms with van der Waals surface area (Å²) in [6.45, 7) is -3.33. The smallest absolute Gasteiger partial charge is 0.387 e. The van der Waals surface area contributed by atoms with Crippen LogP contribution in [0.15, 0.2) is 48.5 Å². The Hall–Kier alpha value is -2.87. The maximum absolute atomic E-state index is 12.1. The van der Waals surface area contributed by atoms with Gasteiger partial charge in [0.05, 0.1) is 0 Å². The van der Waals surface area contributed by atoms with Crippen molar-refractivity contribution in [1.29, 1.82) is 0 Å².